The van der Waals surface area contributed by atoms with Crippen molar-refractivity contribution in [2.24, 2.45) is 5.92 Å². The molecule has 0 aliphatic heterocycles. The van der Waals surface area contributed by atoms with Crippen LogP contribution in [0.2, 0.25) is 5.02 Å². The van der Waals surface area contributed by atoms with E-state index in [0.29, 0.717) is 0 Å². The van der Waals surface area contributed by atoms with Gasteiger partial charge in [0.05, 0.1) is 6.07 Å². The molecule has 1 atom stereocenters. The van der Waals surface area contributed by atoms with Crippen LogP contribution in [0.3, 0.4) is 0 Å². The Bertz CT molecular complexity index is 528. The van der Waals surface area contributed by atoms with E-state index < -0.39 is 31.2 Å². The van der Waals surface area contributed by atoms with Crippen molar-refractivity contribution in [2.75, 3.05) is 18.0 Å². The molecule has 0 bridgehead atoms. The van der Waals surface area contributed by atoms with Crippen LogP contribution in [0.1, 0.15) is 0 Å². The van der Waals surface area contributed by atoms with Crippen LogP contribution in [0.15, 0.2) is 24.3 Å². The SMILES string of the molecule is N#CC(CN(CC(=O)O)c1cccc(Cl)c1)C(F)(F)F. The highest BCUT2D eigenvalue weighted by molar-refractivity contribution is 6.30. The van der Waals surface area contributed by atoms with E-state index >= 15 is 0 Å². The molecule has 0 fully saturated rings. The Labute approximate surface area is 118 Å². The van der Waals surface area contributed by atoms with Gasteiger partial charge in [0, 0.05) is 17.3 Å². The van der Waals surface area contributed by atoms with Crippen LogP contribution in [-0.4, -0.2) is 30.3 Å². The van der Waals surface area contributed by atoms with Gasteiger partial charge in [-0.3, -0.25) is 4.79 Å². The number of carbonyl (C=O) groups is 1. The number of hydrogen-bond donors (Lipinski definition) is 1. The third kappa shape index (κ3) is 4.63. The zero-order valence-corrected chi connectivity index (χ0v) is 10.8. The number of alkyl halides is 3. The number of carboxylic acids is 1. The number of benzene rings is 1. The van der Waals surface area contributed by atoms with Crippen LogP contribution in [0.4, 0.5) is 18.9 Å². The van der Waals surface area contributed by atoms with Gasteiger partial charge >= 0.3 is 12.1 Å². The van der Waals surface area contributed by atoms with E-state index in [-0.39, 0.29) is 10.7 Å². The highest BCUT2D eigenvalue weighted by Gasteiger charge is 2.41. The van der Waals surface area contributed by atoms with Crippen LogP contribution < -0.4 is 4.90 Å². The van der Waals surface area contributed by atoms with Crippen LogP contribution in [0, 0.1) is 17.2 Å². The molecule has 1 rings (SSSR count). The first-order valence-electron chi connectivity index (χ1n) is 5.42. The quantitative estimate of drug-likeness (QED) is 0.908. The number of nitrogens with zero attached hydrogens (tertiary/aromatic N) is 2. The van der Waals surface area contributed by atoms with Crippen molar-refractivity contribution in [3.05, 3.63) is 29.3 Å². The van der Waals surface area contributed by atoms with Gasteiger partial charge in [-0.15, -0.1) is 0 Å². The fraction of sp³-hybridized carbons (Fsp3) is 0.333. The van der Waals surface area contributed by atoms with E-state index in [2.05, 4.69) is 0 Å². The zero-order chi connectivity index (χ0) is 15.3. The lowest BCUT2D eigenvalue weighted by Crippen LogP contribution is -2.39. The predicted octanol–water partition coefficient (Wildman–Crippen LogP) is 2.93. The molecule has 1 unspecified atom stereocenters. The van der Waals surface area contributed by atoms with Crippen molar-refractivity contribution in [1.82, 2.24) is 0 Å². The average molecular weight is 307 g/mol. The van der Waals surface area contributed by atoms with Crippen molar-refractivity contribution in [1.29, 1.82) is 5.26 Å². The fourth-order valence-corrected chi connectivity index (χ4v) is 1.72. The molecule has 0 amide bonds. The third-order valence-electron chi connectivity index (χ3n) is 2.45. The summed E-state index contributed by atoms with van der Waals surface area (Å²) in [5, 5.41) is 17.6. The van der Waals surface area contributed by atoms with Gasteiger partial charge in [0.25, 0.3) is 0 Å². The summed E-state index contributed by atoms with van der Waals surface area (Å²) in [5.41, 5.74) is 0.212. The number of nitriles is 1. The van der Waals surface area contributed by atoms with Crippen molar-refractivity contribution >= 4 is 23.3 Å². The lowest BCUT2D eigenvalue weighted by Gasteiger charge is -2.26. The molecule has 0 radical (unpaired) electrons. The fourth-order valence-electron chi connectivity index (χ4n) is 1.54. The van der Waals surface area contributed by atoms with E-state index in [1.807, 2.05) is 0 Å². The normalized spacial score (nSPS) is 12.6. The highest BCUT2D eigenvalue weighted by Crippen LogP contribution is 2.28. The van der Waals surface area contributed by atoms with E-state index in [1.54, 1.807) is 0 Å². The summed E-state index contributed by atoms with van der Waals surface area (Å²) in [6, 6.07) is 6.91. The molecule has 1 aromatic carbocycles. The van der Waals surface area contributed by atoms with Crippen molar-refractivity contribution < 1.29 is 23.1 Å². The number of anilines is 1. The smallest absolute Gasteiger partial charge is 0.406 e. The standard InChI is InChI=1S/C12H10ClF3N2O2/c13-9-2-1-3-10(4-9)18(7-11(19)20)6-8(5-17)12(14,15)16/h1-4,8H,6-7H2,(H,19,20). The first-order valence-corrected chi connectivity index (χ1v) is 5.80. The summed E-state index contributed by atoms with van der Waals surface area (Å²) < 4.78 is 37.8. The van der Waals surface area contributed by atoms with E-state index in [1.165, 1.54) is 24.3 Å². The molecule has 20 heavy (non-hydrogen) atoms. The number of aliphatic carboxylic acids is 1. The molecule has 1 N–H and O–H groups in total. The van der Waals surface area contributed by atoms with Gasteiger partial charge in [0.2, 0.25) is 0 Å². The minimum atomic E-state index is -4.72. The summed E-state index contributed by atoms with van der Waals surface area (Å²) in [4.78, 5) is 11.7. The van der Waals surface area contributed by atoms with Crippen molar-refractivity contribution in [3.63, 3.8) is 0 Å². The maximum atomic E-state index is 12.6. The Morgan fingerprint density at radius 2 is 2.15 bits per heavy atom. The Balaban J connectivity index is 3.02. The molecule has 4 nitrogen and oxygen atoms in total. The number of hydrogen-bond acceptors (Lipinski definition) is 3. The maximum absolute atomic E-state index is 12.6. The number of halogens is 4. The van der Waals surface area contributed by atoms with Gasteiger partial charge in [-0.1, -0.05) is 17.7 Å². The highest BCUT2D eigenvalue weighted by atomic mass is 35.5. The minimum Gasteiger partial charge on any atom is -0.480 e. The van der Waals surface area contributed by atoms with Crippen LogP contribution in [0.25, 0.3) is 0 Å². The van der Waals surface area contributed by atoms with Crippen LogP contribution in [0.5, 0.6) is 0 Å². The average Bonchev–Trinajstić information content (AvgIpc) is 2.32. The minimum absolute atomic E-state index is 0.212. The zero-order valence-electron chi connectivity index (χ0n) is 10.1. The molecule has 0 aromatic heterocycles. The van der Waals surface area contributed by atoms with Gasteiger partial charge in [-0.05, 0) is 18.2 Å². The van der Waals surface area contributed by atoms with Crippen molar-refractivity contribution in [3.8, 4) is 6.07 Å². The maximum Gasteiger partial charge on any atom is 0.406 e. The molecule has 108 valence electrons. The summed E-state index contributed by atoms with van der Waals surface area (Å²) in [6.45, 7) is -1.43. The van der Waals surface area contributed by atoms with E-state index in [9.17, 15) is 18.0 Å². The van der Waals surface area contributed by atoms with E-state index in [4.69, 9.17) is 22.0 Å². The Kier molecular flexibility index (Phi) is 5.22. The Morgan fingerprint density at radius 1 is 1.50 bits per heavy atom. The molecule has 0 aliphatic rings. The molecule has 0 aliphatic carbocycles. The molecule has 1 aromatic rings. The van der Waals surface area contributed by atoms with Gasteiger partial charge in [-0.2, -0.15) is 18.4 Å². The second-order valence-electron chi connectivity index (χ2n) is 3.98. The second-order valence-corrected chi connectivity index (χ2v) is 4.41. The molecular weight excluding hydrogens is 297 g/mol. The molecule has 8 heteroatoms. The second kappa shape index (κ2) is 6.48. The number of rotatable bonds is 5. The van der Waals surface area contributed by atoms with Crippen LogP contribution >= 0.6 is 11.6 Å². The van der Waals surface area contributed by atoms with Gasteiger partial charge in [0.1, 0.15) is 6.54 Å². The lowest BCUT2D eigenvalue weighted by atomic mass is 10.1. The van der Waals surface area contributed by atoms with Crippen molar-refractivity contribution in [2.45, 2.75) is 6.18 Å². The molecule has 0 saturated heterocycles. The molecule has 0 heterocycles. The molecule has 0 spiro atoms. The summed E-state index contributed by atoms with van der Waals surface area (Å²) >= 11 is 5.72. The molecule has 0 saturated carbocycles. The van der Waals surface area contributed by atoms with E-state index in [0.717, 1.165) is 11.0 Å². The van der Waals surface area contributed by atoms with Crippen LogP contribution in [-0.2, 0) is 4.79 Å². The molecular formula is C12H10ClF3N2O2. The summed E-state index contributed by atoms with van der Waals surface area (Å²) in [6.07, 6.45) is -4.72. The first kappa shape index (κ1) is 16.1. The van der Waals surface area contributed by atoms with Gasteiger partial charge < -0.3 is 10.0 Å². The number of carboxylic acid groups (broad SMARTS) is 1. The summed E-state index contributed by atoms with van der Waals surface area (Å²) in [7, 11) is 0. The van der Waals surface area contributed by atoms with Gasteiger partial charge in [-0.25, -0.2) is 0 Å². The predicted molar refractivity (Wildman–Crippen MR) is 66.5 cm³/mol. The Morgan fingerprint density at radius 3 is 2.60 bits per heavy atom. The Hall–Kier alpha value is -1.94. The third-order valence-corrected chi connectivity index (χ3v) is 2.69. The first-order chi connectivity index (χ1) is 9.24. The van der Waals surface area contributed by atoms with Gasteiger partial charge in [0.15, 0.2) is 5.92 Å². The lowest BCUT2D eigenvalue weighted by molar-refractivity contribution is -0.157. The largest absolute Gasteiger partial charge is 0.480 e. The topological polar surface area (TPSA) is 64.3 Å². The monoisotopic (exact) mass is 306 g/mol. The summed E-state index contributed by atoms with van der Waals surface area (Å²) in [5.74, 6) is -3.58.